The van der Waals surface area contributed by atoms with Crippen LogP contribution in [0.4, 0.5) is 0 Å². The molecule has 1 aromatic carbocycles. The van der Waals surface area contributed by atoms with Crippen molar-refractivity contribution in [2.45, 2.75) is 0 Å². The zero-order valence-corrected chi connectivity index (χ0v) is 10.0. The molecular formula is C11H8BrNO3. The summed E-state index contributed by atoms with van der Waals surface area (Å²) in [4.78, 5) is 10.8. The molecule has 0 radical (unpaired) electrons. The second-order valence-electron chi connectivity index (χ2n) is 3.08. The maximum atomic E-state index is 10.8. The van der Waals surface area contributed by atoms with Gasteiger partial charge in [-0.2, -0.15) is 0 Å². The van der Waals surface area contributed by atoms with Gasteiger partial charge >= 0.3 is 0 Å². The molecule has 82 valence electrons. The summed E-state index contributed by atoms with van der Waals surface area (Å²) in [5.74, 6) is 0.639. The highest BCUT2D eigenvalue weighted by molar-refractivity contribution is 9.10. The van der Waals surface area contributed by atoms with Crippen molar-refractivity contribution in [3.63, 3.8) is 0 Å². The van der Waals surface area contributed by atoms with E-state index in [1.165, 1.54) is 6.26 Å². The van der Waals surface area contributed by atoms with Crippen LogP contribution >= 0.6 is 15.9 Å². The Bertz CT molecular complexity index is 522. The third kappa shape index (κ3) is 1.86. The van der Waals surface area contributed by atoms with Crippen LogP contribution < -0.4 is 4.74 Å². The highest BCUT2D eigenvalue weighted by Crippen LogP contribution is 2.33. The Morgan fingerprint density at radius 2 is 2.31 bits per heavy atom. The van der Waals surface area contributed by atoms with Crippen molar-refractivity contribution in [3.05, 3.63) is 34.5 Å². The van der Waals surface area contributed by atoms with Gasteiger partial charge in [-0.25, -0.2) is 0 Å². The largest absolute Gasteiger partial charge is 0.496 e. The highest BCUT2D eigenvalue weighted by Gasteiger charge is 2.14. The van der Waals surface area contributed by atoms with E-state index in [0.29, 0.717) is 28.9 Å². The zero-order valence-electron chi connectivity index (χ0n) is 8.44. The monoisotopic (exact) mass is 281 g/mol. The van der Waals surface area contributed by atoms with Crippen LogP contribution in [0.1, 0.15) is 10.4 Å². The molecule has 0 aliphatic rings. The molecule has 4 nitrogen and oxygen atoms in total. The number of aromatic nitrogens is 1. The summed E-state index contributed by atoms with van der Waals surface area (Å²) in [6.07, 6.45) is 2.01. The van der Waals surface area contributed by atoms with E-state index in [1.807, 2.05) is 12.1 Å². The minimum Gasteiger partial charge on any atom is -0.496 e. The number of ether oxygens (including phenoxy) is 1. The highest BCUT2D eigenvalue weighted by atomic mass is 79.9. The number of hydrogen-bond acceptors (Lipinski definition) is 4. The Hall–Kier alpha value is -1.62. The lowest BCUT2D eigenvalue weighted by molar-refractivity contribution is 0.112. The third-order valence-corrected chi connectivity index (χ3v) is 2.63. The maximum Gasteiger partial charge on any atom is 0.155 e. The fraction of sp³-hybridized carbons (Fsp3) is 0.0909. The molecule has 0 spiro atoms. The first-order valence-corrected chi connectivity index (χ1v) is 5.29. The smallest absolute Gasteiger partial charge is 0.155 e. The van der Waals surface area contributed by atoms with E-state index in [-0.39, 0.29) is 0 Å². The lowest BCUT2D eigenvalue weighted by Gasteiger charge is -2.06. The molecule has 0 bridgehead atoms. The number of nitrogens with zero attached hydrogens (tertiary/aromatic N) is 1. The molecule has 1 aromatic heterocycles. The Balaban J connectivity index is 2.62. The fourth-order valence-electron chi connectivity index (χ4n) is 1.40. The quantitative estimate of drug-likeness (QED) is 0.812. The van der Waals surface area contributed by atoms with Crippen LogP contribution in [-0.4, -0.2) is 18.6 Å². The summed E-state index contributed by atoms with van der Waals surface area (Å²) in [5.41, 5.74) is 1.59. The first-order valence-electron chi connectivity index (χ1n) is 4.49. The lowest BCUT2D eigenvalue weighted by atomic mass is 10.1. The van der Waals surface area contributed by atoms with Crippen LogP contribution in [0.5, 0.6) is 5.75 Å². The van der Waals surface area contributed by atoms with Crippen molar-refractivity contribution in [1.29, 1.82) is 0 Å². The predicted molar refractivity (Wildman–Crippen MR) is 61.6 cm³/mol. The second kappa shape index (κ2) is 4.49. The van der Waals surface area contributed by atoms with Gasteiger partial charge in [-0.15, -0.1) is 0 Å². The van der Waals surface area contributed by atoms with Crippen LogP contribution in [-0.2, 0) is 0 Å². The van der Waals surface area contributed by atoms with Crippen molar-refractivity contribution < 1.29 is 14.1 Å². The van der Waals surface area contributed by atoms with Gasteiger partial charge in [0, 0.05) is 10.0 Å². The summed E-state index contributed by atoms with van der Waals surface area (Å²) in [5, 5.41) is 3.80. The first-order chi connectivity index (χ1) is 7.76. The minimum absolute atomic E-state index is 0.399. The average molecular weight is 282 g/mol. The predicted octanol–water partition coefficient (Wildman–Crippen LogP) is 2.93. The van der Waals surface area contributed by atoms with E-state index in [0.717, 1.165) is 4.47 Å². The topological polar surface area (TPSA) is 52.3 Å². The summed E-state index contributed by atoms with van der Waals surface area (Å²) < 4.78 is 10.9. The standard InChI is InChI=1S/C11H8BrNO3/c1-15-10-3-2-8(12)4-9(10)11-7(5-14)6-16-13-11/h2-6H,1H3. The molecular weight excluding hydrogens is 274 g/mol. The molecule has 0 atom stereocenters. The van der Waals surface area contributed by atoms with Gasteiger partial charge in [0.1, 0.15) is 17.7 Å². The molecule has 0 fully saturated rings. The summed E-state index contributed by atoms with van der Waals surface area (Å²) in [6, 6.07) is 5.47. The Morgan fingerprint density at radius 3 is 3.00 bits per heavy atom. The van der Waals surface area contributed by atoms with Crippen LogP contribution in [0, 0.1) is 0 Å². The molecule has 0 saturated heterocycles. The third-order valence-electron chi connectivity index (χ3n) is 2.14. The van der Waals surface area contributed by atoms with Crippen LogP contribution in [0.3, 0.4) is 0 Å². The number of aldehydes is 1. The maximum absolute atomic E-state index is 10.8. The number of carbonyl (C=O) groups excluding carboxylic acids is 1. The number of methoxy groups -OCH3 is 1. The van der Waals surface area contributed by atoms with E-state index in [2.05, 4.69) is 21.1 Å². The van der Waals surface area contributed by atoms with Gasteiger partial charge in [-0.1, -0.05) is 21.1 Å². The van der Waals surface area contributed by atoms with E-state index in [9.17, 15) is 4.79 Å². The Labute approximate surface area is 100 Å². The van der Waals surface area contributed by atoms with Gasteiger partial charge in [0.15, 0.2) is 6.29 Å². The lowest BCUT2D eigenvalue weighted by Crippen LogP contribution is -1.90. The molecule has 5 heteroatoms. The number of carbonyl (C=O) groups is 1. The second-order valence-corrected chi connectivity index (χ2v) is 4.00. The first kappa shape index (κ1) is 10.9. The summed E-state index contributed by atoms with van der Waals surface area (Å²) >= 11 is 3.36. The summed E-state index contributed by atoms with van der Waals surface area (Å²) in [7, 11) is 1.56. The normalized spacial score (nSPS) is 10.1. The number of rotatable bonds is 3. The van der Waals surface area contributed by atoms with Crippen LogP contribution in [0.2, 0.25) is 0 Å². The minimum atomic E-state index is 0.399. The van der Waals surface area contributed by atoms with Gasteiger partial charge in [0.05, 0.1) is 12.7 Å². The van der Waals surface area contributed by atoms with Gasteiger partial charge in [-0.05, 0) is 18.2 Å². The van der Waals surface area contributed by atoms with Gasteiger partial charge < -0.3 is 9.26 Å². The molecule has 0 unspecified atom stereocenters. The molecule has 0 amide bonds. The number of halogens is 1. The molecule has 2 rings (SSSR count). The molecule has 16 heavy (non-hydrogen) atoms. The van der Waals surface area contributed by atoms with Crippen molar-refractivity contribution >= 4 is 22.2 Å². The van der Waals surface area contributed by atoms with Gasteiger partial charge in [0.25, 0.3) is 0 Å². The zero-order chi connectivity index (χ0) is 11.5. The van der Waals surface area contributed by atoms with E-state index in [4.69, 9.17) is 9.26 Å². The van der Waals surface area contributed by atoms with Gasteiger partial charge in [0.2, 0.25) is 0 Å². The SMILES string of the molecule is COc1ccc(Br)cc1-c1nocc1C=O. The van der Waals surface area contributed by atoms with Crippen molar-refractivity contribution in [2.24, 2.45) is 0 Å². The number of hydrogen-bond donors (Lipinski definition) is 0. The molecule has 0 aliphatic carbocycles. The van der Waals surface area contributed by atoms with Crippen molar-refractivity contribution in [2.75, 3.05) is 7.11 Å². The van der Waals surface area contributed by atoms with Gasteiger partial charge in [-0.3, -0.25) is 4.79 Å². The molecule has 1 heterocycles. The van der Waals surface area contributed by atoms with Crippen molar-refractivity contribution in [3.8, 4) is 17.0 Å². The fourth-order valence-corrected chi connectivity index (χ4v) is 1.76. The van der Waals surface area contributed by atoms with Crippen LogP contribution in [0.25, 0.3) is 11.3 Å². The average Bonchev–Trinajstić information content (AvgIpc) is 2.76. The van der Waals surface area contributed by atoms with Crippen LogP contribution in [0.15, 0.2) is 33.5 Å². The molecule has 0 saturated carbocycles. The van der Waals surface area contributed by atoms with E-state index >= 15 is 0 Å². The number of benzene rings is 1. The summed E-state index contributed by atoms with van der Waals surface area (Å²) in [6.45, 7) is 0. The molecule has 0 N–H and O–H groups in total. The van der Waals surface area contributed by atoms with Crippen molar-refractivity contribution in [1.82, 2.24) is 5.16 Å². The Kier molecular flexibility index (Phi) is 3.05. The van der Waals surface area contributed by atoms with E-state index in [1.54, 1.807) is 13.2 Å². The Morgan fingerprint density at radius 1 is 1.50 bits per heavy atom. The molecule has 2 aromatic rings. The van der Waals surface area contributed by atoms with E-state index < -0.39 is 0 Å². The molecule has 0 aliphatic heterocycles.